The van der Waals surface area contributed by atoms with E-state index in [0.29, 0.717) is 13.0 Å². The molecule has 1 aromatic carbocycles. The van der Waals surface area contributed by atoms with Crippen LogP contribution < -0.4 is 10.1 Å². The molecule has 1 aromatic rings. The summed E-state index contributed by atoms with van der Waals surface area (Å²) < 4.78 is 5.46. The first-order valence-electron chi connectivity index (χ1n) is 4.45. The molecule has 1 saturated heterocycles. The molecule has 2 rings (SSSR count). The van der Waals surface area contributed by atoms with Crippen LogP contribution in [0.5, 0.6) is 5.75 Å². The fraction of sp³-hybridized carbons (Fsp3) is 0.300. The van der Waals surface area contributed by atoms with Crippen LogP contribution in [0.2, 0.25) is 0 Å². The van der Waals surface area contributed by atoms with Crippen molar-refractivity contribution in [2.24, 2.45) is 0 Å². The number of hydrogen-bond acceptors (Lipinski definition) is 3. The molecule has 1 aliphatic heterocycles. The summed E-state index contributed by atoms with van der Waals surface area (Å²) in [6, 6.07) is 7.65. The SMILES string of the molecule is O=C1C[C@@H](COc2ccc(S)cc2)N1. The normalized spacial score (nSPS) is 19.8. The first-order chi connectivity index (χ1) is 6.74. The Morgan fingerprint density at radius 2 is 2.07 bits per heavy atom. The largest absolute Gasteiger partial charge is 0.491 e. The van der Waals surface area contributed by atoms with Crippen LogP contribution >= 0.6 is 12.6 Å². The molecule has 3 nitrogen and oxygen atoms in total. The standard InChI is InChI=1S/C10H11NO2S/c12-10-5-7(11-10)6-13-8-1-3-9(14)4-2-8/h1-4,7,14H,5-6H2,(H,11,12)/t7-/m0/s1. The van der Waals surface area contributed by atoms with Crippen molar-refractivity contribution in [3.8, 4) is 5.75 Å². The third-order valence-corrected chi connectivity index (χ3v) is 2.38. The van der Waals surface area contributed by atoms with Crippen molar-refractivity contribution >= 4 is 18.5 Å². The Kier molecular flexibility index (Phi) is 2.63. The summed E-state index contributed by atoms with van der Waals surface area (Å²) in [5.41, 5.74) is 0. The quantitative estimate of drug-likeness (QED) is 0.580. The molecule has 1 aliphatic rings. The second-order valence-corrected chi connectivity index (χ2v) is 3.79. The van der Waals surface area contributed by atoms with Crippen molar-refractivity contribution in [3.05, 3.63) is 24.3 Å². The van der Waals surface area contributed by atoms with Crippen molar-refractivity contribution in [1.82, 2.24) is 5.32 Å². The van der Waals surface area contributed by atoms with E-state index in [2.05, 4.69) is 17.9 Å². The molecular weight excluding hydrogens is 198 g/mol. The van der Waals surface area contributed by atoms with Gasteiger partial charge in [0.2, 0.25) is 5.91 Å². The van der Waals surface area contributed by atoms with Gasteiger partial charge >= 0.3 is 0 Å². The third kappa shape index (κ3) is 2.20. The minimum absolute atomic E-state index is 0.101. The summed E-state index contributed by atoms with van der Waals surface area (Å²) in [6.07, 6.45) is 0.574. The van der Waals surface area contributed by atoms with Gasteiger partial charge < -0.3 is 10.1 Å². The number of ether oxygens (including phenoxy) is 1. The molecule has 1 fully saturated rings. The zero-order chi connectivity index (χ0) is 9.97. The van der Waals surface area contributed by atoms with E-state index in [1.807, 2.05) is 24.3 Å². The molecule has 0 aliphatic carbocycles. The molecular formula is C10H11NO2S. The highest BCUT2D eigenvalue weighted by molar-refractivity contribution is 7.80. The van der Waals surface area contributed by atoms with Crippen LogP contribution in [0.15, 0.2) is 29.2 Å². The molecule has 1 N–H and O–H groups in total. The molecule has 0 aromatic heterocycles. The second-order valence-electron chi connectivity index (χ2n) is 3.27. The Labute approximate surface area is 87.9 Å². The summed E-state index contributed by atoms with van der Waals surface area (Å²) in [7, 11) is 0. The lowest BCUT2D eigenvalue weighted by Gasteiger charge is -2.26. The Morgan fingerprint density at radius 1 is 1.43 bits per heavy atom. The van der Waals surface area contributed by atoms with Gasteiger partial charge in [-0.05, 0) is 24.3 Å². The van der Waals surface area contributed by atoms with Crippen molar-refractivity contribution < 1.29 is 9.53 Å². The van der Waals surface area contributed by atoms with Crippen molar-refractivity contribution in [1.29, 1.82) is 0 Å². The number of β-lactam (4-membered cyclic amide) rings is 1. The van der Waals surface area contributed by atoms with Gasteiger partial charge in [-0.25, -0.2) is 0 Å². The van der Waals surface area contributed by atoms with E-state index in [4.69, 9.17) is 4.74 Å². The number of nitrogens with one attached hydrogen (secondary N) is 1. The van der Waals surface area contributed by atoms with Crippen LogP contribution in [-0.4, -0.2) is 18.6 Å². The smallest absolute Gasteiger partial charge is 0.222 e. The topological polar surface area (TPSA) is 38.3 Å². The van der Waals surface area contributed by atoms with Gasteiger partial charge in [0.05, 0.1) is 12.5 Å². The summed E-state index contributed by atoms with van der Waals surface area (Å²) in [5.74, 6) is 0.910. The van der Waals surface area contributed by atoms with Gasteiger partial charge in [0.15, 0.2) is 0 Å². The van der Waals surface area contributed by atoms with Gasteiger partial charge in [-0.2, -0.15) is 0 Å². The number of carbonyl (C=O) groups excluding carboxylic acids is 1. The number of rotatable bonds is 3. The average Bonchev–Trinajstić information content (AvgIpc) is 2.13. The van der Waals surface area contributed by atoms with Crippen LogP contribution in [-0.2, 0) is 4.79 Å². The molecule has 4 heteroatoms. The lowest BCUT2D eigenvalue weighted by Crippen LogP contribution is -2.51. The Balaban J connectivity index is 1.80. The van der Waals surface area contributed by atoms with E-state index in [9.17, 15) is 4.79 Å². The lowest BCUT2D eigenvalue weighted by molar-refractivity contribution is -0.128. The molecule has 74 valence electrons. The maximum absolute atomic E-state index is 10.6. The van der Waals surface area contributed by atoms with E-state index >= 15 is 0 Å². The number of hydrogen-bond donors (Lipinski definition) is 2. The summed E-state index contributed by atoms with van der Waals surface area (Å²) in [4.78, 5) is 11.5. The molecule has 1 amide bonds. The Hall–Kier alpha value is -1.16. The summed E-state index contributed by atoms with van der Waals surface area (Å²) >= 11 is 4.17. The van der Waals surface area contributed by atoms with Crippen LogP contribution in [0, 0.1) is 0 Å². The van der Waals surface area contributed by atoms with Gasteiger partial charge in [-0.3, -0.25) is 4.79 Å². The molecule has 1 atom stereocenters. The molecule has 0 unspecified atom stereocenters. The van der Waals surface area contributed by atoms with E-state index < -0.39 is 0 Å². The second kappa shape index (κ2) is 3.92. The zero-order valence-electron chi connectivity index (χ0n) is 7.56. The number of carbonyl (C=O) groups is 1. The van der Waals surface area contributed by atoms with Crippen LogP contribution in [0.25, 0.3) is 0 Å². The molecule has 0 saturated carbocycles. The first kappa shape index (κ1) is 9.40. The highest BCUT2D eigenvalue weighted by atomic mass is 32.1. The van der Waals surface area contributed by atoms with Gasteiger partial charge in [-0.15, -0.1) is 12.6 Å². The average molecular weight is 209 g/mol. The monoisotopic (exact) mass is 209 g/mol. The molecule has 0 spiro atoms. The van der Waals surface area contributed by atoms with E-state index in [-0.39, 0.29) is 11.9 Å². The minimum atomic E-state index is 0.101. The number of amides is 1. The van der Waals surface area contributed by atoms with Crippen LogP contribution in [0.3, 0.4) is 0 Å². The highest BCUT2D eigenvalue weighted by Gasteiger charge is 2.25. The maximum Gasteiger partial charge on any atom is 0.222 e. The van der Waals surface area contributed by atoms with E-state index in [1.54, 1.807) is 0 Å². The number of benzene rings is 1. The van der Waals surface area contributed by atoms with Gasteiger partial charge in [0.25, 0.3) is 0 Å². The number of thiol groups is 1. The molecule has 14 heavy (non-hydrogen) atoms. The molecule has 0 radical (unpaired) electrons. The summed E-state index contributed by atoms with van der Waals surface area (Å²) in [5, 5.41) is 2.75. The fourth-order valence-electron chi connectivity index (χ4n) is 1.27. The van der Waals surface area contributed by atoms with Crippen LogP contribution in [0.1, 0.15) is 6.42 Å². The Bertz CT molecular complexity index is 328. The third-order valence-electron chi connectivity index (χ3n) is 2.08. The lowest BCUT2D eigenvalue weighted by atomic mass is 10.1. The molecule has 1 heterocycles. The summed E-state index contributed by atoms with van der Waals surface area (Å²) in [6.45, 7) is 0.539. The predicted octanol–water partition coefficient (Wildman–Crippen LogP) is 1.24. The van der Waals surface area contributed by atoms with Gasteiger partial charge in [0.1, 0.15) is 12.4 Å². The van der Waals surface area contributed by atoms with Crippen molar-refractivity contribution in [2.45, 2.75) is 17.4 Å². The first-order valence-corrected chi connectivity index (χ1v) is 4.90. The van der Waals surface area contributed by atoms with E-state index in [1.165, 1.54) is 0 Å². The maximum atomic E-state index is 10.6. The fourth-order valence-corrected chi connectivity index (χ4v) is 1.42. The van der Waals surface area contributed by atoms with E-state index in [0.717, 1.165) is 10.6 Å². The predicted molar refractivity (Wildman–Crippen MR) is 55.7 cm³/mol. The minimum Gasteiger partial charge on any atom is -0.491 e. The molecule has 0 bridgehead atoms. The van der Waals surface area contributed by atoms with Crippen molar-refractivity contribution in [2.75, 3.05) is 6.61 Å². The van der Waals surface area contributed by atoms with Crippen LogP contribution in [0.4, 0.5) is 0 Å². The Morgan fingerprint density at radius 3 is 2.64 bits per heavy atom. The van der Waals surface area contributed by atoms with Gasteiger partial charge in [-0.1, -0.05) is 0 Å². The zero-order valence-corrected chi connectivity index (χ0v) is 8.46. The van der Waals surface area contributed by atoms with Gasteiger partial charge in [0, 0.05) is 4.90 Å². The highest BCUT2D eigenvalue weighted by Crippen LogP contribution is 2.15. The van der Waals surface area contributed by atoms with Crippen molar-refractivity contribution in [3.63, 3.8) is 0 Å².